The van der Waals surface area contributed by atoms with Gasteiger partial charge >= 0.3 is 0 Å². The topological polar surface area (TPSA) is 58.2 Å². The predicted molar refractivity (Wildman–Crippen MR) is 122 cm³/mol. The van der Waals surface area contributed by atoms with Gasteiger partial charge in [-0.1, -0.05) is 62.4 Å². The molecule has 0 fully saturated rings. The number of hydrogen-bond donors (Lipinski definition) is 2. The van der Waals surface area contributed by atoms with Gasteiger partial charge in [0.25, 0.3) is 0 Å². The van der Waals surface area contributed by atoms with Crippen LogP contribution >= 0.6 is 11.3 Å². The second-order valence-electron chi connectivity index (χ2n) is 8.19. The molecule has 1 aliphatic rings. The van der Waals surface area contributed by atoms with E-state index in [2.05, 4.69) is 48.7 Å². The number of fused-ring (bicyclic) bond motifs is 1. The number of thiophene rings is 1. The van der Waals surface area contributed by atoms with Crippen molar-refractivity contribution in [1.29, 1.82) is 0 Å². The second kappa shape index (κ2) is 8.84. The van der Waals surface area contributed by atoms with Crippen molar-refractivity contribution in [3.8, 4) is 0 Å². The van der Waals surface area contributed by atoms with Crippen molar-refractivity contribution in [2.75, 3.05) is 5.32 Å². The minimum absolute atomic E-state index is 0.123. The maximum atomic E-state index is 13.3. The Labute approximate surface area is 181 Å². The van der Waals surface area contributed by atoms with Gasteiger partial charge in [-0.3, -0.25) is 9.59 Å². The summed E-state index contributed by atoms with van der Waals surface area (Å²) in [7, 11) is 0. The van der Waals surface area contributed by atoms with E-state index in [0.717, 1.165) is 28.1 Å². The SMILES string of the molecule is CC(C)Cc1ccc(C(NC(=O)C2CC(=O)Nc3ccccc32)c2cccs2)cc1. The predicted octanol–water partition coefficient (Wildman–Crippen LogP) is 5.28. The van der Waals surface area contributed by atoms with Crippen LogP contribution in [-0.4, -0.2) is 11.8 Å². The Kier molecular flexibility index (Phi) is 6.00. The number of rotatable bonds is 6. The number of anilines is 1. The van der Waals surface area contributed by atoms with Crippen LogP contribution in [-0.2, 0) is 16.0 Å². The first kappa shape index (κ1) is 20.4. The fraction of sp³-hybridized carbons (Fsp3) is 0.280. The highest BCUT2D eigenvalue weighted by atomic mass is 32.1. The van der Waals surface area contributed by atoms with Gasteiger partial charge in [0.1, 0.15) is 0 Å². The summed E-state index contributed by atoms with van der Waals surface area (Å²) in [5.41, 5.74) is 3.93. The zero-order valence-corrected chi connectivity index (χ0v) is 18.0. The lowest BCUT2D eigenvalue weighted by Gasteiger charge is -2.27. The van der Waals surface area contributed by atoms with Gasteiger partial charge in [-0.15, -0.1) is 11.3 Å². The Hall–Kier alpha value is -2.92. The van der Waals surface area contributed by atoms with E-state index in [4.69, 9.17) is 0 Å². The van der Waals surface area contributed by atoms with Crippen molar-refractivity contribution in [2.24, 2.45) is 5.92 Å². The molecule has 0 saturated carbocycles. The maximum absolute atomic E-state index is 13.3. The van der Waals surface area contributed by atoms with Gasteiger partial charge in [0, 0.05) is 17.0 Å². The molecule has 3 aromatic rings. The molecule has 2 aromatic carbocycles. The summed E-state index contributed by atoms with van der Waals surface area (Å²) in [6, 6.07) is 19.8. The quantitative estimate of drug-likeness (QED) is 0.572. The fourth-order valence-corrected chi connectivity index (χ4v) is 4.78. The Bertz CT molecular complexity index is 1030. The Balaban J connectivity index is 1.60. The smallest absolute Gasteiger partial charge is 0.228 e. The lowest BCUT2D eigenvalue weighted by atomic mass is 9.89. The van der Waals surface area contributed by atoms with Gasteiger partial charge in [0.15, 0.2) is 0 Å². The van der Waals surface area contributed by atoms with E-state index in [9.17, 15) is 9.59 Å². The van der Waals surface area contributed by atoms with Crippen LogP contribution in [0.4, 0.5) is 5.69 Å². The highest BCUT2D eigenvalue weighted by Gasteiger charge is 2.32. The second-order valence-corrected chi connectivity index (χ2v) is 9.17. The summed E-state index contributed by atoms with van der Waals surface area (Å²) in [5.74, 6) is -0.139. The van der Waals surface area contributed by atoms with Crippen LogP contribution in [0, 0.1) is 5.92 Å². The van der Waals surface area contributed by atoms with Crippen LogP contribution in [0.25, 0.3) is 0 Å². The van der Waals surface area contributed by atoms with E-state index in [-0.39, 0.29) is 24.3 Å². The molecule has 0 radical (unpaired) electrons. The summed E-state index contributed by atoms with van der Waals surface area (Å²) < 4.78 is 0. The molecule has 4 nitrogen and oxygen atoms in total. The molecule has 2 heterocycles. The first-order valence-corrected chi connectivity index (χ1v) is 11.2. The molecular weight excluding hydrogens is 392 g/mol. The molecule has 1 aromatic heterocycles. The maximum Gasteiger partial charge on any atom is 0.228 e. The molecule has 1 aliphatic heterocycles. The number of hydrogen-bond acceptors (Lipinski definition) is 3. The molecule has 4 rings (SSSR count). The summed E-state index contributed by atoms with van der Waals surface area (Å²) in [6.07, 6.45) is 1.19. The number of carbonyl (C=O) groups is 2. The zero-order valence-electron chi connectivity index (χ0n) is 17.2. The lowest BCUT2D eigenvalue weighted by Crippen LogP contribution is -2.37. The molecule has 5 heteroatoms. The first-order valence-electron chi connectivity index (χ1n) is 10.3. The van der Waals surface area contributed by atoms with E-state index in [1.54, 1.807) is 11.3 Å². The molecule has 2 atom stereocenters. The van der Waals surface area contributed by atoms with Crippen molar-refractivity contribution in [1.82, 2.24) is 5.32 Å². The third-order valence-corrected chi connectivity index (χ3v) is 6.32. The van der Waals surface area contributed by atoms with Gasteiger partial charge in [0.05, 0.1) is 12.0 Å². The monoisotopic (exact) mass is 418 g/mol. The van der Waals surface area contributed by atoms with E-state index in [1.807, 2.05) is 41.8 Å². The molecule has 30 heavy (non-hydrogen) atoms. The van der Waals surface area contributed by atoms with E-state index in [1.165, 1.54) is 5.56 Å². The Morgan fingerprint density at radius 1 is 1.10 bits per heavy atom. The number of amides is 2. The molecule has 2 unspecified atom stereocenters. The highest BCUT2D eigenvalue weighted by Crippen LogP contribution is 2.34. The van der Waals surface area contributed by atoms with Crippen molar-refractivity contribution in [3.05, 3.63) is 87.6 Å². The van der Waals surface area contributed by atoms with Crippen molar-refractivity contribution < 1.29 is 9.59 Å². The lowest BCUT2D eigenvalue weighted by molar-refractivity contribution is -0.126. The summed E-state index contributed by atoms with van der Waals surface area (Å²) in [6.45, 7) is 4.42. The largest absolute Gasteiger partial charge is 0.344 e. The molecule has 0 bridgehead atoms. The van der Waals surface area contributed by atoms with Gasteiger partial charge in [0.2, 0.25) is 11.8 Å². The molecule has 2 amide bonds. The standard InChI is InChI=1S/C25H26N2O2S/c1-16(2)14-17-9-11-18(12-10-17)24(22-8-5-13-30-22)27-25(29)20-15-23(28)26-21-7-4-3-6-19(20)21/h3-13,16,20,24H,14-15H2,1-2H3,(H,26,28)(H,27,29). The molecule has 0 aliphatic carbocycles. The van der Waals surface area contributed by atoms with Crippen molar-refractivity contribution in [3.63, 3.8) is 0 Å². The Morgan fingerprint density at radius 3 is 2.57 bits per heavy atom. The minimum atomic E-state index is -0.488. The van der Waals surface area contributed by atoms with Crippen molar-refractivity contribution >= 4 is 28.8 Å². The average molecular weight is 419 g/mol. The third-order valence-electron chi connectivity index (χ3n) is 5.39. The summed E-state index contributed by atoms with van der Waals surface area (Å²) in [4.78, 5) is 26.6. The third kappa shape index (κ3) is 4.46. The van der Waals surface area contributed by atoms with Crippen LogP contribution in [0.15, 0.2) is 66.0 Å². The molecule has 0 spiro atoms. The van der Waals surface area contributed by atoms with Gasteiger partial charge in [-0.25, -0.2) is 0 Å². The van der Waals surface area contributed by atoms with Crippen LogP contribution < -0.4 is 10.6 Å². The molecule has 154 valence electrons. The highest BCUT2D eigenvalue weighted by molar-refractivity contribution is 7.10. The normalized spacial score (nSPS) is 16.6. The van der Waals surface area contributed by atoms with Crippen LogP contribution in [0.2, 0.25) is 0 Å². The molecule has 2 N–H and O–H groups in total. The number of para-hydroxylation sites is 1. The average Bonchev–Trinajstić information content (AvgIpc) is 3.26. The van der Waals surface area contributed by atoms with Crippen molar-refractivity contribution in [2.45, 2.75) is 38.6 Å². The van der Waals surface area contributed by atoms with E-state index in [0.29, 0.717) is 5.92 Å². The van der Waals surface area contributed by atoms with Crippen LogP contribution in [0.3, 0.4) is 0 Å². The van der Waals surface area contributed by atoms with Gasteiger partial charge in [-0.2, -0.15) is 0 Å². The van der Waals surface area contributed by atoms with E-state index >= 15 is 0 Å². The van der Waals surface area contributed by atoms with E-state index < -0.39 is 5.92 Å². The number of benzene rings is 2. The van der Waals surface area contributed by atoms with Gasteiger partial charge < -0.3 is 10.6 Å². The minimum Gasteiger partial charge on any atom is -0.344 e. The Morgan fingerprint density at radius 2 is 1.87 bits per heavy atom. The van der Waals surface area contributed by atoms with Gasteiger partial charge in [-0.05, 0) is 46.5 Å². The first-order chi connectivity index (χ1) is 14.5. The van der Waals surface area contributed by atoms with Crippen LogP contribution in [0.1, 0.15) is 53.8 Å². The number of carbonyl (C=O) groups excluding carboxylic acids is 2. The molecule has 0 saturated heterocycles. The summed E-state index contributed by atoms with van der Waals surface area (Å²) in [5, 5.41) is 8.10. The number of nitrogens with one attached hydrogen (secondary N) is 2. The molecular formula is C25H26N2O2S. The van der Waals surface area contributed by atoms with Crippen LogP contribution in [0.5, 0.6) is 0 Å². The fourth-order valence-electron chi connectivity index (χ4n) is 3.98. The summed E-state index contributed by atoms with van der Waals surface area (Å²) >= 11 is 1.62. The zero-order chi connectivity index (χ0) is 21.1.